The van der Waals surface area contributed by atoms with Crippen molar-refractivity contribution in [3.8, 4) is 6.07 Å². The molecule has 1 atom stereocenters. The fraction of sp³-hybridized carbons (Fsp3) is 0.700. The Morgan fingerprint density at radius 3 is 2.62 bits per heavy atom. The Bertz CT molecular complexity index is 379. The Morgan fingerprint density at radius 2 is 2.19 bits per heavy atom. The zero-order valence-electron chi connectivity index (χ0n) is 9.84. The second-order valence-electron chi connectivity index (χ2n) is 3.71. The molecule has 1 aromatic heterocycles. The molecule has 0 aromatic carbocycles. The molecule has 0 amide bonds. The third-order valence-corrected chi connectivity index (χ3v) is 3.41. The predicted octanol–water partition coefficient (Wildman–Crippen LogP) is 1.71. The van der Waals surface area contributed by atoms with Crippen LogP contribution in [0.25, 0.3) is 0 Å². The summed E-state index contributed by atoms with van der Waals surface area (Å²) in [6.45, 7) is 6.47. The van der Waals surface area contributed by atoms with Crippen LogP contribution in [0.1, 0.15) is 39.1 Å². The molecule has 16 heavy (non-hydrogen) atoms. The van der Waals surface area contributed by atoms with E-state index in [4.69, 9.17) is 11.0 Å². The highest BCUT2D eigenvalue weighted by Crippen LogP contribution is 2.26. The molecule has 0 bridgehead atoms. The van der Waals surface area contributed by atoms with Crippen LogP contribution in [0.15, 0.2) is 5.16 Å². The van der Waals surface area contributed by atoms with Crippen molar-refractivity contribution in [1.82, 2.24) is 14.8 Å². The van der Waals surface area contributed by atoms with Crippen molar-refractivity contribution in [3.05, 3.63) is 5.82 Å². The third-order valence-electron chi connectivity index (χ3n) is 2.20. The third kappa shape index (κ3) is 2.74. The van der Waals surface area contributed by atoms with Gasteiger partial charge in [-0.2, -0.15) is 5.26 Å². The maximum absolute atomic E-state index is 8.93. The zero-order chi connectivity index (χ0) is 12.1. The van der Waals surface area contributed by atoms with Gasteiger partial charge < -0.3 is 10.3 Å². The van der Waals surface area contributed by atoms with Crippen molar-refractivity contribution in [3.63, 3.8) is 0 Å². The van der Waals surface area contributed by atoms with Crippen LogP contribution in [0, 0.1) is 11.3 Å². The average Bonchev–Trinajstić information content (AvgIpc) is 2.68. The van der Waals surface area contributed by atoms with Crippen LogP contribution >= 0.6 is 11.8 Å². The SMILES string of the molecule is CCC(C#N)Sc1nnc(CN)n1C(C)C. The fourth-order valence-corrected chi connectivity index (χ4v) is 2.37. The molecule has 88 valence electrons. The minimum absolute atomic E-state index is 0.0766. The van der Waals surface area contributed by atoms with Crippen LogP contribution < -0.4 is 5.73 Å². The molecule has 0 aliphatic rings. The largest absolute Gasteiger partial charge is 0.324 e. The molecule has 1 unspecified atom stereocenters. The summed E-state index contributed by atoms with van der Waals surface area (Å²) in [6.07, 6.45) is 0.796. The molecule has 0 radical (unpaired) electrons. The van der Waals surface area contributed by atoms with E-state index in [1.165, 1.54) is 11.8 Å². The number of nitrogens with zero attached hydrogens (tertiary/aromatic N) is 4. The lowest BCUT2D eigenvalue weighted by atomic mass is 10.4. The van der Waals surface area contributed by atoms with Gasteiger partial charge in [-0.05, 0) is 20.3 Å². The van der Waals surface area contributed by atoms with Gasteiger partial charge in [0.1, 0.15) is 5.82 Å². The van der Waals surface area contributed by atoms with Crippen LogP contribution in [0.4, 0.5) is 0 Å². The standard InChI is InChI=1S/C10H17N5S/c1-4-8(5-11)16-10-14-13-9(6-12)15(10)7(2)3/h7-8H,4,6,12H2,1-3H3. The molecule has 0 saturated carbocycles. The van der Waals surface area contributed by atoms with Crippen LogP contribution in [0.2, 0.25) is 0 Å². The summed E-state index contributed by atoms with van der Waals surface area (Å²) in [7, 11) is 0. The smallest absolute Gasteiger partial charge is 0.192 e. The average molecular weight is 239 g/mol. The second-order valence-corrected chi connectivity index (χ2v) is 4.88. The van der Waals surface area contributed by atoms with E-state index in [9.17, 15) is 0 Å². The van der Waals surface area contributed by atoms with E-state index < -0.39 is 0 Å². The monoisotopic (exact) mass is 239 g/mol. The van der Waals surface area contributed by atoms with Gasteiger partial charge in [0.15, 0.2) is 5.16 Å². The summed E-state index contributed by atoms with van der Waals surface area (Å²) >= 11 is 1.45. The summed E-state index contributed by atoms with van der Waals surface area (Å²) in [5.74, 6) is 0.769. The summed E-state index contributed by atoms with van der Waals surface area (Å²) in [5.41, 5.74) is 5.60. The Morgan fingerprint density at radius 1 is 1.50 bits per heavy atom. The minimum Gasteiger partial charge on any atom is -0.324 e. The molecule has 1 rings (SSSR count). The summed E-state index contributed by atoms with van der Waals surface area (Å²) in [6, 6.07) is 2.50. The molecule has 2 N–H and O–H groups in total. The van der Waals surface area contributed by atoms with Crippen LogP contribution in [0.5, 0.6) is 0 Å². The van der Waals surface area contributed by atoms with Gasteiger partial charge in [0, 0.05) is 6.04 Å². The normalized spacial score (nSPS) is 12.8. The van der Waals surface area contributed by atoms with Crippen molar-refractivity contribution < 1.29 is 0 Å². The van der Waals surface area contributed by atoms with Crippen molar-refractivity contribution in [2.45, 2.75) is 50.2 Å². The summed E-state index contributed by atoms with van der Waals surface area (Å²) in [5, 5.41) is 17.8. The first-order valence-corrected chi connectivity index (χ1v) is 6.22. The second kappa shape index (κ2) is 5.87. The highest BCUT2D eigenvalue weighted by molar-refractivity contribution is 8.00. The maximum Gasteiger partial charge on any atom is 0.192 e. The fourth-order valence-electron chi connectivity index (χ4n) is 1.37. The van der Waals surface area contributed by atoms with Gasteiger partial charge in [-0.1, -0.05) is 18.7 Å². The molecular weight excluding hydrogens is 222 g/mol. The van der Waals surface area contributed by atoms with E-state index in [2.05, 4.69) is 30.1 Å². The van der Waals surface area contributed by atoms with E-state index in [-0.39, 0.29) is 11.3 Å². The molecule has 0 aliphatic carbocycles. The molecular formula is C10H17N5S. The number of rotatable bonds is 5. The first-order valence-electron chi connectivity index (χ1n) is 5.34. The van der Waals surface area contributed by atoms with Gasteiger partial charge in [-0.25, -0.2) is 0 Å². The lowest BCUT2D eigenvalue weighted by Crippen LogP contribution is -2.12. The van der Waals surface area contributed by atoms with E-state index in [1.54, 1.807) is 0 Å². The lowest BCUT2D eigenvalue weighted by molar-refractivity contribution is 0.525. The molecule has 0 fully saturated rings. The summed E-state index contributed by atoms with van der Waals surface area (Å²) < 4.78 is 1.99. The van der Waals surface area contributed by atoms with Crippen molar-refractivity contribution in [1.29, 1.82) is 5.26 Å². The van der Waals surface area contributed by atoms with Gasteiger partial charge >= 0.3 is 0 Å². The Balaban J connectivity index is 2.96. The lowest BCUT2D eigenvalue weighted by Gasteiger charge is -2.13. The molecule has 6 heteroatoms. The minimum atomic E-state index is -0.0766. The number of hydrogen-bond donors (Lipinski definition) is 1. The first kappa shape index (κ1) is 13.0. The molecule has 5 nitrogen and oxygen atoms in total. The number of aromatic nitrogens is 3. The zero-order valence-corrected chi connectivity index (χ0v) is 10.7. The van der Waals surface area contributed by atoms with Gasteiger partial charge in [-0.15, -0.1) is 10.2 Å². The van der Waals surface area contributed by atoms with Crippen molar-refractivity contribution in [2.24, 2.45) is 5.73 Å². The van der Waals surface area contributed by atoms with E-state index >= 15 is 0 Å². The van der Waals surface area contributed by atoms with Crippen LogP contribution in [0.3, 0.4) is 0 Å². The molecule has 0 spiro atoms. The number of nitriles is 1. The highest BCUT2D eigenvalue weighted by atomic mass is 32.2. The van der Waals surface area contributed by atoms with Gasteiger partial charge in [0.05, 0.1) is 17.9 Å². The quantitative estimate of drug-likeness (QED) is 0.791. The molecule has 0 saturated heterocycles. The van der Waals surface area contributed by atoms with E-state index in [1.807, 2.05) is 11.5 Å². The van der Waals surface area contributed by atoms with Crippen molar-refractivity contribution in [2.75, 3.05) is 0 Å². The molecule has 1 aromatic rings. The van der Waals surface area contributed by atoms with Crippen LogP contribution in [-0.4, -0.2) is 20.0 Å². The summed E-state index contributed by atoms with van der Waals surface area (Å²) in [4.78, 5) is 0. The molecule has 0 aliphatic heterocycles. The van der Waals surface area contributed by atoms with Crippen LogP contribution in [-0.2, 0) is 6.54 Å². The topological polar surface area (TPSA) is 80.5 Å². The molecule has 1 heterocycles. The number of nitrogens with two attached hydrogens (primary N) is 1. The maximum atomic E-state index is 8.93. The number of thioether (sulfide) groups is 1. The van der Waals surface area contributed by atoms with E-state index in [0.29, 0.717) is 6.54 Å². The first-order chi connectivity index (χ1) is 7.63. The van der Waals surface area contributed by atoms with Crippen molar-refractivity contribution >= 4 is 11.8 Å². The Hall–Kier alpha value is -1.06. The predicted molar refractivity (Wildman–Crippen MR) is 63.8 cm³/mol. The van der Waals surface area contributed by atoms with Gasteiger partial charge in [0.2, 0.25) is 0 Å². The highest BCUT2D eigenvalue weighted by Gasteiger charge is 2.17. The van der Waals surface area contributed by atoms with E-state index in [0.717, 1.165) is 17.4 Å². The number of hydrogen-bond acceptors (Lipinski definition) is 5. The van der Waals surface area contributed by atoms with Gasteiger partial charge in [0.25, 0.3) is 0 Å². The van der Waals surface area contributed by atoms with Gasteiger partial charge in [-0.3, -0.25) is 0 Å². The Kier molecular flexibility index (Phi) is 4.77. The Labute approximate surface area is 100 Å².